The topological polar surface area (TPSA) is 32.3 Å². The van der Waals surface area contributed by atoms with Gasteiger partial charge in [-0.1, -0.05) is 31.4 Å². The van der Waals surface area contributed by atoms with Crippen molar-refractivity contribution in [3.63, 3.8) is 0 Å². The lowest BCUT2D eigenvalue weighted by molar-refractivity contribution is 0.364. The number of hydrogen-bond acceptors (Lipinski definition) is 3. The molecule has 2 nitrogen and oxygen atoms in total. The van der Waals surface area contributed by atoms with Crippen LogP contribution in [0.4, 0.5) is 0 Å². The van der Waals surface area contributed by atoms with Crippen molar-refractivity contribution in [3.05, 3.63) is 29.3 Å². The molecule has 1 atom stereocenters. The Balaban J connectivity index is 1.98. The van der Waals surface area contributed by atoms with Crippen molar-refractivity contribution in [3.8, 4) is 5.75 Å². The van der Waals surface area contributed by atoms with Crippen LogP contribution in [0.25, 0.3) is 0 Å². The molecule has 0 amide bonds. The van der Waals surface area contributed by atoms with Gasteiger partial charge in [-0.2, -0.15) is 11.8 Å². The van der Waals surface area contributed by atoms with Crippen molar-refractivity contribution in [2.75, 3.05) is 12.8 Å². The average molecular weight is 293 g/mol. The van der Waals surface area contributed by atoms with Gasteiger partial charge in [-0.15, -0.1) is 0 Å². The Morgan fingerprint density at radius 2 is 2.00 bits per heavy atom. The zero-order valence-corrected chi connectivity index (χ0v) is 13.7. The number of aryl methyl sites for hydroxylation is 1. The van der Waals surface area contributed by atoms with Crippen molar-refractivity contribution >= 4 is 11.8 Å². The van der Waals surface area contributed by atoms with E-state index in [4.69, 9.17) is 0 Å². The average Bonchev–Trinajstić information content (AvgIpc) is 2.46. The Morgan fingerprint density at radius 3 is 2.60 bits per heavy atom. The molecule has 0 bridgehead atoms. The number of phenols is 1. The van der Waals surface area contributed by atoms with Crippen LogP contribution in [-0.4, -0.2) is 22.7 Å². The van der Waals surface area contributed by atoms with E-state index in [2.05, 4.69) is 24.6 Å². The number of thioether (sulfide) groups is 1. The summed E-state index contributed by atoms with van der Waals surface area (Å²) in [4.78, 5) is 0. The maximum Gasteiger partial charge on any atom is 0.120 e. The summed E-state index contributed by atoms with van der Waals surface area (Å²) in [5.41, 5.74) is 2.11. The normalized spacial score (nSPS) is 19.8. The quantitative estimate of drug-likeness (QED) is 0.843. The van der Waals surface area contributed by atoms with Gasteiger partial charge in [-0.3, -0.25) is 0 Å². The highest BCUT2D eigenvalue weighted by atomic mass is 32.2. The molecule has 20 heavy (non-hydrogen) atoms. The summed E-state index contributed by atoms with van der Waals surface area (Å²) in [5, 5.41) is 13.7. The van der Waals surface area contributed by atoms with Crippen molar-refractivity contribution in [2.45, 2.75) is 56.7 Å². The van der Waals surface area contributed by atoms with Gasteiger partial charge in [0, 0.05) is 22.9 Å². The molecule has 1 aromatic rings. The number of benzene rings is 1. The van der Waals surface area contributed by atoms with Gasteiger partial charge >= 0.3 is 0 Å². The van der Waals surface area contributed by atoms with Crippen LogP contribution in [0.5, 0.6) is 5.75 Å². The largest absolute Gasteiger partial charge is 0.508 e. The summed E-state index contributed by atoms with van der Waals surface area (Å²) >= 11 is 2.01. The fraction of sp³-hybridized carbons (Fsp3) is 0.647. The SMILES string of the molecule is CSC1(CNC(C)c2ccc(C)cc2O)CCCCC1. The Bertz CT molecular complexity index is 441. The molecule has 1 saturated carbocycles. The van der Waals surface area contributed by atoms with Crippen LogP contribution in [0.3, 0.4) is 0 Å². The number of phenolic OH excluding ortho intramolecular Hbond substituents is 1. The first kappa shape index (κ1) is 15.7. The highest BCUT2D eigenvalue weighted by molar-refractivity contribution is 8.00. The van der Waals surface area contributed by atoms with E-state index >= 15 is 0 Å². The Kier molecular flexibility index (Phi) is 5.39. The van der Waals surface area contributed by atoms with Crippen LogP contribution < -0.4 is 5.32 Å². The summed E-state index contributed by atoms with van der Waals surface area (Å²) in [5.74, 6) is 0.409. The molecule has 0 saturated heterocycles. The molecule has 0 aromatic heterocycles. The number of rotatable bonds is 5. The standard InChI is InChI=1S/C17H27NOS/c1-13-7-8-15(16(19)11-13)14(2)18-12-17(20-3)9-5-4-6-10-17/h7-8,11,14,18-19H,4-6,9-10,12H2,1-3H3. The second-order valence-corrected chi connectivity index (χ2v) is 7.39. The predicted molar refractivity (Wildman–Crippen MR) is 88.6 cm³/mol. The Labute approximate surface area is 127 Å². The Morgan fingerprint density at radius 1 is 1.30 bits per heavy atom. The van der Waals surface area contributed by atoms with Crippen molar-refractivity contribution in [1.82, 2.24) is 5.32 Å². The first-order chi connectivity index (χ1) is 9.56. The van der Waals surface area contributed by atoms with Gasteiger partial charge in [0.25, 0.3) is 0 Å². The smallest absolute Gasteiger partial charge is 0.120 e. The molecule has 0 radical (unpaired) electrons. The van der Waals surface area contributed by atoms with Crippen LogP contribution in [0.1, 0.15) is 56.2 Å². The first-order valence-corrected chi connectivity index (χ1v) is 8.87. The molecule has 1 aromatic carbocycles. The molecule has 1 fully saturated rings. The van der Waals surface area contributed by atoms with E-state index in [0.29, 0.717) is 10.5 Å². The van der Waals surface area contributed by atoms with E-state index in [9.17, 15) is 5.11 Å². The third kappa shape index (κ3) is 3.70. The molecule has 0 aliphatic heterocycles. The molecule has 0 heterocycles. The zero-order chi connectivity index (χ0) is 14.6. The molecule has 0 spiro atoms. The van der Waals surface area contributed by atoms with E-state index < -0.39 is 0 Å². The second kappa shape index (κ2) is 6.86. The van der Waals surface area contributed by atoms with Crippen molar-refractivity contribution in [1.29, 1.82) is 0 Å². The molecule has 2 N–H and O–H groups in total. The highest BCUT2D eigenvalue weighted by Gasteiger charge is 2.31. The van der Waals surface area contributed by atoms with Crippen LogP contribution in [0.15, 0.2) is 18.2 Å². The fourth-order valence-corrected chi connectivity index (χ4v) is 4.04. The predicted octanol–water partition coefficient (Wildman–Crippen LogP) is 4.42. The zero-order valence-electron chi connectivity index (χ0n) is 12.9. The number of hydrogen-bond donors (Lipinski definition) is 2. The van der Waals surface area contributed by atoms with Crippen LogP contribution in [0.2, 0.25) is 0 Å². The molecular weight excluding hydrogens is 266 g/mol. The van der Waals surface area contributed by atoms with Gasteiger partial charge in [-0.25, -0.2) is 0 Å². The summed E-state index contributed by atoms with van der Waals surface area (Å²) in [6.45, 7) is 5.18. The minimum Gasteiger partial charge on any atom is -0.508 e. The summed E-state index contributed by atoms with van der Waals surface area (Å²) in [6.07, 6.45) is 8.96. The maximum atomic E-state index is 10.1. The van der Waals surface area contributed by atoms with Gasteiger partial charge < -0.3 is 10.4 Å². The van der Waals surface area contributed by atoms with E-state index in [1.807, 2.05) is 30.8 Å². The molecule has 2 rings (SSSR count). The molecular formula is C17H27NOS. The van der Waals surface area contributed by atoms with E-state index in [1.165, 1.54) is 32.1 Å². The third-order valence-electron chi connectivity index (χ3n) is 4.58. The summed E-state index contributed by atoms with van der Waals surface area (Å²) < 4.78 is 0.396. The van der Waals surface area contributed by atoms with Crippen molar-refractivity contribution in [2.24, 2.45) is 0 Å². The highest BCUT2D eigenvalue weighted by Crippen LogP contribution is 2.38. The second-order valence-electron chi connectivity index (χ2n) is 6.11. The lowest BCUT2D eigenvalue weighted by Crippen LogP contribution is -2.40. The van der Waals surface area contributed by atoms with E-state index in [1.54, 1.807) is 0 Å². The van der Waals surface area contributed by atoms with Crippen molar-refractivity contribution < 1.29 is 5.11 Å². The van der Waals surface area contributed by atoms with Crippen LogP contribution in [0, 0.1) is 6.92 Å². The maximum absolute atomic E-state index is 10.1. The molecule has 1 unspecified atom stereocenters. The molecule has 1 aliphatic rings. The van der Waals surface area contributed by atoms with Gasteiger partial charge in [-0.05, 0) is 44.6 Å². The minimum atomic E-state index is 0.196. The van der Waals surface area contributed by atoms with E-state index in [-0.39, 0.29) is 6.04 Å². The van der Waals surface area contributed by atoms with Crippen LogP contribution in [-0.2, 0) is 0 Å². The number of nitrogens with one attached hydrogen (secondary N) is 1. The monoisotopic (exact) mass is 293 g/mol. The van der Waals surface area contributed by atoms with Crippen LogP contribution >= 0.6 is 11.8 Å². The van der Waals surface area contributed by atoms with Gasteiger partial charge in [0.15, 0.2) is 0 Å². The summed E-state index contributed by atoms with van der Waals surface area (Å²) in [7, 11) is 0. The lowest BCUT2D eigenvalue weighted by Gasteiger charge is -2.37. The van der Waals surface area contributed by atoms with E-state index in [0.717, 1.165) is 17.7 Å². The lowest BCUT2D eigenvalue weighted by atomic mass is 9.88. The van der Waals surface area contributed by atoms with Gasteiger partial charge in [0.2, 0.25) is 0 Å². The minimum absolute atomic E-state index is 0.196. The van der Waals surface area contributed by atoms with Gasteiger partial charge in [0.05, 0.1) is 0 Å². The molecule has 3 heteroatoms. The van der Waals surface area contributed by atoms with Gasteiger partial charge in [0.1, 0.15) is 5.75 Å². The Hall–Kier alpha value is -0.670. The third-order valence-corrected chi connectivity index (χ3v) is 6.00. The first-order valence-electron chi connectivity index (χ1n) is 7.64. The summed E-state index contributed by atoms with van der Waals surface area (Å²) in [6, 6.07) is 6.15. The fourth-order valence-electron chi connectivity index (χ4n) is 3.12. The number of aromatic hydroxyl groups is 1. The molecule has 1 aliphatic carbocycles. The molecule has 112 valence electrons.